The van der Waals surface area contributed by atoms with Gasteiger partial charge in [-0.25, -0.2) is 4.39 Å². The van der Waals surface area contributed by atoms with Crippen LogP contribution in [0.4, 0.5) is 4.39 Å². The molecule has 0 radical (unpaired) electrons. The molecule has 1 atom stereocenters. The highest BCUT2D eigenvalue weighted by Crippen LogP contribution is 2.33. The van der Waals surface area contributed by atoms with Crippen LogP contribution in [0.5, 0.6) is 0 Å². The molecule has 1 N–H and O–H groups in total. The maximum Gasteiger partial charge on any atom is 0.137 e. The van der Waals surface area contributed by atoms with Crippen molar-refractivity contribution >= 4 is 27.5 Å². The minimum Gasteiger partial charge on any atom is -0.388 e. The van der Waals surface area contributed by atoms with Crippen LogP contribution < -0.4 is 0 Å². The van der Waals surface area contributed by atoms with E-state index in [2.05, 4.69) is 21.0 Å². The standard InChI is InChI=1S/C15H17BrClFN2O/c1-8(2)14-13(15(17)20(3)19-14)12(21)7-9-4-5-11(18)10(16)6-9/h4-6,8,12,21H,7H2,1-3H3. The van der Waals surface area contributed by atoms with Crippen molar-refractivity contribution in [1.82, 2.24) is 9.78 Å². The molecule has 0 amide bonds. The Labute approximate surface area is 136 Å². The Morgan fingerprint density at radius 3 is 2.67 bits per heavy atom. The third kappa shape index (κ3) is 3.47. The number of rotatable bonds is 4. The topological polar surface area (TPSA) is 38.0 Å². The van der Waals surface area contributed by atoms with Gasteiger partial charge in [-0.05, 0) is 39.5 Å². The summed E-state index contributed by atoms with van der Waals surface area (Å²) < 4.78 is 15.2. The van der Waals surface area contributed by atoms with E-state index in [1.54, 1.807) is 23.9 Å². The summed E-state index contributed by atoms with van der Waals surface area (Å²) in [5, 5.41) is 15.3. The molecule has 1 unspecified atom stereocenters. The summed E-state index contributed by atoms with van der Waals surface area (Å²) in [6.07, 6.45) is -0.426. The lowest BCUT2D eigenvalue weighted by atomic mass is 9.97. The Hall–Kier alpha value is -0.910. The number of hydrogen-bond donors (Lipinski definition) is 1. The monoisotopic (exact) mass is 374 g/mol. The van der Waals surface area contributed by atoms with Crippen LogP contribution in [-0.4, -0.2) is 14.9 Å². The van der Waals surface area contributed by atoms with Gasteiger partial charge in [0.25, 0.3) is 0 Å². The van der Waals surface area contributed by atoms with E-state index < -0.39 is 6.10 Å². The van der Waals surface area contributed by atoms with Gasteiger partial charge in [-0.1, -0.05) is 31.5 Å². The lowest BCUT2D eigenvalue weighted by molar-refractivity contribution is 0.177. The van der Waals surface area contributed by atoms with Crippen LogP contribution in [0.1, 0.15) is 42.7 Å². The van der Waals surface area contributed by atoms with E-state index in [0.29, 0.717) is 21.6 Å². The molecule has 1 aromatic heterocycles. The van der Waals surface area contributed by atoms with Crippen LogP contribution in [0.3, 0.4) is 0 Å². The molecule has 0 bridgehead atoms. The molecule has 2 aromatic rings. The van der Waals surface area contributed by atoms with Crippen molar-refractivity contribution < 1.29 is 9.50 Å². The zero-order valence-corrected chi connectivity index (χ0v) is 14.4. The van der Waals surface area contributed by atoms with Crippen molar-refractivity contribution in [2.75, 3.05) is 0 Å². The second kappa shape index (κ2) is 6.46. The van der Waals surface area contributed by atoms with Gasteiger partial charge in [0.05, 0.1) is 16.3 Å². The second-order valence-electron chi connectivity index (χ2n) is 5.34. The fraction of sp³-hybridized carbons (Fsp3) is 0.400. The predicted octanol–water partition coefficient (Wildman–Crippen LogP) is 4.37. The highest BCUT2D eigenvalue weighted by molar-refractivity contribution is 9.10. The lowest BCUT2D eigenvalue weighted by Gasteiger charge is -2.13. The molecular weight excluding hydrogens is 359 g/mol. The van der Waals surface area contributed by atoms with Gasteiger partial charge >= 0.3 is 0 Å². The maximum absolute atomic E-state index is 13.3. The van der Waals surface area contributed by atoms with Crippen LogP contribution in [0, 0.1) is 5.82 Å². The van der Waals surface area contributed by atoms with Gasteiger partial charge in [0, 0.05) is 19.0 Å². The van der Waals surface area contributed by atoms with Crippen LogP contribution >= 0.6 is 27.5 Å². The van der Waals surface area contributed by atoms with Crippen LogP contribution in [0.25, 0.3) is 0 Å². The average Bonchev–Trinajstić information content (AvgIpc) is 2.70. The quantitative estimate of drug-likeness (QED) is 0.861. The van der Waals surface area contributed by atoms with Gasteiger partial charge < -0.3 is 5.11 Å². The third-order valence-electron chi connectivity index (χ3n) is 3.33. The highest BCUT2D eigenvalue weighted by atomic mass is 79.9. The summed E-state index contributed by atoms with van der Waals surface area (Å²) in [4.78, 5) is 0. The van der Waals surface area contributed by atoms with Crippen LogP contribution in [0.15, 0.2) is 22.7 Å². The number of halogens is 3. The average molecular weight is 376 g/mol. The molecular formula is C15H17BrClFN2O. The summed E-state index contributed by atoms with van der Waals surface area (Å²) in [5.41, 5.74) is 2.26. The van der Waals surface area contributed by atoms with Crippen molar-refractivity contribution in [3.63, 3.8) is 0 Å². The Balaban J connectivity index is 2.31. The van der Waals surface area contributed by atoms with E-state index in [4.69, 9.17) is 11.6 Å². The second-order valence-corrected chi connectivity index (χ2v) is 6.55. The predicted molar refractivity (Wildman–Crippen MR) is 85.1 cm³/mol. The Bertz CT molecular complexity index is 657. The first-order valence-corrected chi connectivity index (χ1v) is 7.82. The van der Waals surface area contributed by atoms with Gasteiger partial charge in [0.2, 0.25) is 0 Å². The van der Waals surface area contributed by atoms with E-state index in [-0.39, 0.29) is 11.7 Å². The summed E-state index contributed by atoms with van der Waals surface area (Å²) in [6.45, 7) is 4.01. The fourth-order valence-electron chi connectivity index (χ4n) is 2.27. The largest absolute Gasteiger partial charge is 0.388 e. The third-order valence-corrected chi connectivity index (χ3v) is 4.39. The summed E-state index contributed by atoms with van der Waals surface area (Å²) in [5.74, 6) is -0.163. The molecule has 0 aliphatic rings. The molecule has 3 nitrogen and oxygen atoms in total. The first-order chi connectivity index (χ1) is 9.81. The zero-order chi connectivity index (χ0) is 15.7. The Morgan fingerprint density at radius 2 is 2.10 bits per heavy atom. The summed E-state index contributed by atoms with van der Waals surface area (Å²) in [6, 6.07) is 4.70. The summed E-state index contributed by atoms with van der Waals surface area (Å²) in [7, 11) is 1.75. The van der Waals surface area contributed by atoms with E-state index in [1.807, 2.05) is 13.8 Å². The molecule has 0 fully saturated rings. The van der Waals surface area contributed by atoms with E-state index in [1.165, 1.54) is 6.07 Å². The van der Waals surface area contributed by atoms with Crippen molar-refractivity contribution in [2.24, 2.45) is 7.05 Å². The zero-order valence-electron chi connectivity index (χ0n) is 12.1. The number of hydrogen-bond acceptors (Lipinski definition) is 2. The molecule has 114 valence electrons. The van der Waals surface area contributed by atoms with Crippen molar-refractivity contribution in [3.05, 3.63) is 50.5 Å². The number of aliphatic hydroxyl groups excluding tert-OH is 1. The first-order valence-electron chi connectivity index (χ1n) is 6.65. The number of aromatic nitrogens is 2. The molecule has 0 spiro atoms. The molecule has 0 aliphatic carbocycles. The molecule has 0 saturated heterocycles. The molecule has 2 rings (SSSR count). The molecule has 21 heavy (non-hydrogen) atoms. The number of aliphatic hydroxyl groups is 1. The maximum atomic E-state index is 13.3. The van der Waals surface area contributed by atoms with Gasteiger partial charge in [0.1, 0.15) is 11.0 Å². The minimum absolute atomic E-state index is 0.160. The molecule has 6 heteroatoms. The van der Waals surface area contributed by atoms with Gasteiger partial charge in [-0.15, -0.1) is 0 Å². The van der Waals surface area contributed by atoms with Crippen molar-refractivity contribution in [2.45, 2.75) is 32.3 Å². The van der Waals surface area contributed by atoms with Gasteiger partial charge in [0.15, 0.2) is 0 Å². The van der Waals surface area contributed by atoms with Crippen LogP contribution in [0.2, 0.25) is 5.15 Å². The summed E-state index contributed by atoms with van der Waals surface area (Å²) >= 11 is 9.40. The SMILES string of the molecule is CC(C)c1nn(C)c(Cl)c1C(O)Cc1ccc(F)c(Br)c1. The number of aryl methyl sites for hydroxylation is 1. The first kappa shape index (κ1) is 16.5. The number of benzene rings is 1. The Morgan fingerprint density at radius 1 is 1.43 bits per heavy atom. The van der Waals surface area contributed by atoms with E-state index in [0.717, 1.165) is 11.3 Å². The number of nitrogens with zero attached hydrogens (tertiary/aromatic N) is 2. The normalized spacial score (nSPS) is 13.0. The fourth-order valence-corrected chi connectivity index (χ4v) is 2.95. The lowest BCUT2D eigenvalue weighted by Crippen LogP contribution is -2.06. The van der Waals surface area contributed by atoms with Gasteiger partial charge in [-0.3, -0.25) is 4.68 Å². The van der Waals surface area contributed by atoms with Gasteiger partial charge in [-0.2, -0.15) is 5.10 Å². The molecule has 1 heterocycles. The molecule has 0 saturated carbocycles. The molecule has 0 aliphatic heterocycles. The highest BCUT2D eigenvalue weighted by Gasteiger charge is 2.23. The van der Waals surface area contributed by atoms with E-state index >= 15 is 0 Å². The Kier molecular flexibility index (Phi) is 5.07. The smallest absolute Gasteiger partial charge is 0.137 e. The molecule has 1 aromatic carbocycles. The van der Waals surface area contributed by atoms with Crippen molar-refractivity contribution in [1.29, 1.82) is 0 Å². The van der Waals surface area contributed by atoms with Crippen molar-refractivity contribution in [3.8, 4) is 0 Å². The van der Waals surface area contributed by atoms with E-state index in [9.17, 15) is 9.50 Å². The van der Waals surface area contributed by atoms with Crippen LogP contribution in [-0.2, 0) is 13.5 Å². The minimum atomic E-state index is -0.777.